The lowest BCUT2D eigenvalue weighted by molar-refractivity contribution is -0.195. The van der Waals surface area contributed by atoms with Crippen molar-refractivity contribution in [3.63, 3.8) is 0 Å². The molecular weight excluding hydrogens is 258 g/mol. The van der Waals surface area contributed by atoms with E-state index in [4.69, 9.17) is 0 Å². The van der Waals surface area contributed by atoms with Crippen molar-refractivity contribution in [1.82, 2.24) is 15.6 Å². The molecule has 0 radical (unpaired) electrons. The molecular formula is C18H37N3. The van der Waals surface area contributed by atoms with Gasteiger partial charge in [0.2, 0.25) is 0 Å². The van der Waals surface area contributed by atoms with Crippen LogP contribution >= 0.6 is 0 Å². The molecule has 0 unspecified atom stereocenters. The van der Waals surface area contributed by atoms with E-state index in [1.165, 1.54) is 38.5 Å². The zero-order valence-electron chi connectivity index (χ0n) is 15.6. The van der Waals surface area contributed by atoms with Crippen LogP contribution in [0.3, 0.4) is 0 Å². The van der Waals surface area contributed by atoms with Gasteiger partial charge in [0, 0.05) is 22.2 Å². The third kappa shape index (κ3) is 3.30. The first kappa shape index (κ1) is 17.2. The predicted octanol–water partition coefficient (Wildman–Crippen LogP) is 4.49. The van der Waals surface area contributed by atoms with Crippen LogP contribution < -0.4 is 5.53 Å². The average molecular weight is 296 g/mol. The standard InChI is InChI=1S/C18H37N3/c1-15(2)11-9-12-16(3,4)20(15)19-21-17(5,6)13-10-14-18(21,7)8/h19H,9-14H2,1-8H3. The van der Waals surface area contributed by atoms with Crippen LogP contribution in [-0.2, 0) is 0 Å². The Bertz CT molecular complexity index is 314. The van der Waals surface area contributed by atoms with Crippen LogP contribution in [0.15, 0.2) is 0 Å². The van der Waals surface area contributed by atoms with E-state index in [1.54, 1.807) is 0 Å². The van der Waals surface area contributed by atoms with Gasteiger partial charge in [0.25, 0.3) is 0 Å². The highest BCUT2D eigenvalue weighted by Crippen LogP contribution is 2.41. The second-order valence-electron chi connectivity index (χ2n) is 9.73. The Morgan fingerprint density at radius 1 is 0.524 bits per heavy atom. The SMILES string of the molecule is CC1(C)CCCC(C)(C)N1NN1C(C)(C)CCCC1(C)C. The second kappa shape index (κ2) is 5.21. The lowest BCUT2D eigenvalue weighted by Crippen LogP contribution is -2.74. The molecule has 0 aliphatic carbocycles. The second-order valence-corrected chi connectivity index (χ2v) is 9.73. The summed E-state index contributed by atoms with van der Waals surface area (Å²) in [4.78, 5) is 0. The molecule has 3 heteroatoms. The molecule has 0 aromatic rings. The third-order valence-corrected chi connectivity index (χ3v) is 5.78. The van der Waals surface area contributed by atoms with E-state index in [0.717, 1.165) is 0 Å². The summed E-state index contributed by atoms with van der Waals surface area (Å²) in [5.41, 5.74) is 4.68. The minimum Gasteiger partial charge on any atom is -0.219 e. The Morgan fingerprint density at radius 3 is 1.00 bits per heavy atom. The summed E-state index contributed by atoms with van der Waals surface area (Å²) in [5, 5.41) is 5.08. The van der Waals surface area contributed by atoms with Crippen molar-refractivity contribution in [2.45, 2.75) is 116 Å². The number of hydrazine groups is 2. The summed E-state index contributed by atoms with van der Waals surface area (Å²) in [6.07, 6.45) is 7.70. The van der Waals surface area contributed by atoms with Gasteiger partial charge in [-0.2, -0.15) is 5.53 Å². The number of nitrogens with one attached hydrogen (secondary N) is 1. The van der Waals surface area contributed by atoms with Gasteiger partial charge in [-0.3, -0.25) is 0 Å². The van der Waals surface area contributed by atoms with Gasteiger partial charge in [-0.15, -0.1) is 0 Å². The van der Waals surface area contributed by atoms with Gasteiger partial charge in [0.1, 0.15) is 0 Å². The number of hydrogen-bond acceptors (Lipinski definition) is 3. The molecule has 0 aromatic carbocycles. The maximum Gasteiger partial charge on any atom is 0.0317 e. The van der Waals surface area contributed by atoms with Gasteiger partial charge in [0.15, 0.2) is 0 Å². The largest absolute Gasteiger partial charge is 0.219 e. The summed E-state index contributed by atoms with van der Waals surface area (Å²) in [7, 11) is 0. The maximum atomic E-state index is 3.89. The monoisotopic (exact) mass is 295 g/mol. The summed E-state index contributed by atoms with van der Waals surface area (Å²) in [6.45, 7) is 19.0. The molecule has 2 rings (SSSR count). The van der Waals surface area contributed by atoms with Crippen LogP contribution in [0.1, 0.15) is 93.9 Å². The number of hydrogen-bond donors (Lipinski definition) is 1. The predicted molar refractivity (Wildman–Crippen MR) is 90.8 cm³/mol. The first-order valence-corrected chi connectivity index (χ1v) is 8.76. The van der Waals surface area contributed by atoms with E-state index < -0.39 is 0 Å². The number of piperidine rings is 2. The van der Waals surface area contributed by atoms with Gasteiger partial charge in [-0.25, -0.2) is 10.0 Å². The van der Waals surface area contributed by atoms with Crippen LogP contribution in [0.5, 0.6) is 0 Å². The van der Waals surface area contributed by atoms with Crippen molar-refractivity contribution in [2.75, 3.05) is 0 Å². The molecule has 0 atom stereocenters. The molecule has 0 aromatic heterocycles. The van der Waals surface area contributed by atoms with Gasteiger partial charge in [0.05, 0.1) is 0 Å². The van der Waals surface area contributed by atoms with Gasteiger partial charge in [-0.1, -0.05) is 0 Å². The van der Waals surface area contributed by atoms with E-state index >= 15 is 0 Å². The Morgan fingerprint density at radius 2 is 0.762 bits per heavy atom. The highest BCUT2D eigenvalue weighted by Gasteiger charge is 2.47. The van der Waals surface area contributed by atoms with Crippen molar-refractivity contribution in [1.29, 1.82) is 0 Å². The molecule has 0 spiro atoms. The zero-order chi connectivity index (χ0) is 16.1. The lowest BCUT2D eigenvalue weighted by atomic mass is 9.80. The van der Waals surface area contributed by atoms with Gasteiger partial charge in [-0.05, 0) is 93.9 Å². The van der Waals surface area contributed by atoms with Crippen molar-refractivity contribution in [3.8, 4) is 0 Å². The topological polar surface area (TPSA) is 18.5 Å². The van der Waals surface area contributed by atoms with Crippen molar-refractivity contribution in [3.05, 3.63) is 0 Å². The molecule has 21 heavy (non-hydrogen) atoms. The molecule has 0 bridgehead atoms. The van der Waals surface area contributed by atoms with Crippen LogP contribution in [-0.4, -0.2) is 32.2 Å². The first-order chi connectivity index (χ1) is 9.39. The highest BCUT2D eigenvalue weighted by atomic mass is 15.8. The third-order valence-electron chi connectivity index (χ3n) is 5.78. The minimum atomic E-state index is 0.200. The lowest BCUT2D eigenvalue weighted by Gasteiger charge is -2.60. The molecule has 1 N–H and O–H groups in total. The summed E-state index contributed by atoms with van der Waals surface area (Å²) >= 11 is 0. The first-order valence-electron chi connectivity index (χ1n) is 8.76. The van der Waals surface area contributed by atoms with E-state index in [0.29, 0.717) is 0 Å². The fourth-order valence-electron chi connectivity index (χ4n) is 4.63. The molecule has 0 saturated carbocycles. The Kier molecular flexibility index (Phi) is 4.28. The molecule has 2 aliphatic heterocycles. The highest BCUT2D eigenvalue weighted by molar-refractivity contribution is 4.99. The molecule has 2 fully saturated rings. The van der Waals surface area contributed by atoms with Crippen molar-refractivity contribution >= 4 is 0 Å². The van der Waals surface area contributed by atoms with Gasteiger partial charge < -0.3 is 0 Å². The average Bonchev–Trinajstić information content (AvgIpc) is 2.23. The molecule has 2 heterocycles. The van der Waals surface area contributed by atoms with Crippen LogP contribution in [0.25, 0.3) is 0 Å². The normalized spacial score (nSPS) is 32.0. The van der Waals surface area contributed by atoms with Crippen LogP contribution in [0.4, 0.5) is 0 Å². The minimum absolute atomic E-state index is 0.200. The fraction of sp³-hybridized carbons (Fsp3) is 1.00. The summed E-state index contributed by atoms with van der Waals surface area (Å²) in [6, 6.07) is 0. The summed E-state index contributed by atoms with van der Waals surface area (Å²) in [5.74, 6) is 0. The Hall–Kier alpha value is -0.120. The summed E-state index contributed by atoms with van der Waals surface area (Å²) < 4.78 is 0. The molecule has 2 aliphatic rings. The van der Waals surface area contributed by atoms with E-state index in [-0.39, 0.29) is 22.2 Å². The van der Waals surface area contributed by atoms with Gasteiger partial charge >= 0.3 is 0 Å². The smallest absolute Gasteiger partial charge is 0.0317 e. The van der Waals surface area contributed by atoms with Crippen molar-refractivity contribution < 1.29 is 0 Å². The van der Waals surface area contributed by atoms with Crippen LogP contribution in [0, 0.1) is 0 Å². The molecule has 0 amide bonds. The van der Waals surface area contributed by atoms with Crippen molar-refractivity contribution in [2.24, 2.45) is 0 Å². The fourth-order valence-corrected chi connectivity index (χ4v) is 4.63. The maximum absolute atomic E-state index is 3.89. The molecule has 2 saturated heterocycles. The Labute approximate surface area is 132 Å². The molecule has 3 nitrogen and oxygen atoms in total. The quantitative estimate of drug-likeness (QED) is 0.809. The van der Waals surface area contributed by atoms with Crippen LogP contribution in [0.2, 0.25) is 0 Å². The number of nitrogens with zero attached hydrogens (tertiary/aromatic N) is 2. The Balaban J connectivity index is 2.28. The molecule has 124 valence electrons. The number of rotatable bonds is 2. The van der Waals surface area contributed by atoms with E-state index in [9.17, 15) is 0 Å². The zero-order valence-corrected chi connectivity index (χ0v) is 15.6. The van der Waals surface area contributed by atoms with E-state index in [1.807, 2.05) is 0 Å². The van der Waals surface area contributed by atoms with E-state index in [2.05, 4.69) is 70.9 Å².